The topological polar surface area (TPSA) is 24.7 Å². The molecule has 3 fully saturated rings. The molecule has 3 aliphatic carbocycles. The molecule has 2 nitrogen and oxygen atoms in total. The van der Waals surface area contributed by atoms with Gasteiger partial charge in [0.2, 0.25) is 0 Å². The molecule has 0 saturated heterocycles. The summed E-state index contributed by atoms with van der Waals surface area (Å²) in [6.45, 7) is 0. The first-order chi connectivity index (χ1) is 4.83. The van der Waals surface area contributed by atoms with Crippen molar-refractivity contribution in [2.75, 3.05) is 0 Å². The van der Waals surface area contributed by atoms with Gasteiger partial charge in [0.05, 0.1) is 11.1 Å². The highest BCUT2D eigenvalue weighted by Gasteiger charge is 2.53. The third-order valence-electron chi connectivity index (χ3n) is 3.64. The van der Waals surface area contributed by atoms with E-state index in [-0.39, 0.29) is 0 Å². The van der Waals surface area contributed by atoms with Gasteiger partial charge in [0, 0.05) is 0 Å². The van der Waals surface area contributed by atoms with Gasteiger partial charge >= 0.3 is 0 Å². The molecule has 0 unspecified atom stereocenters. The fraction of sp³-hybridized carbons (Fsp3) is 1.00. The minimum atomic E-state index is 0.347. The van der Waals surface area contributed by atoms with E-state index in [0.717, 1.165) is 0 Å². The Kier molecular flexibility index (Phi) is 0.682. The molecule has 2 heteroatoms. The van der Waals surface area contributed by atoms with Gasteiger partial charge in [0.15, 0.2) is 0 Å². The monoisotopic (exact) mass is 136 g/mol. The number of azo groups is 1. The van der Waals surface area contributed by atoms with E-state index in [1.165, 1.54) is 38.5 Å². The van der Waals surface area contributed by atoms with Crippen LogP contribution < -0.4 is 0 Å². The molecule has 54 valence electrons. The lowest BCUT2D eigenvalue weighted by molar-refractivity contribution is 0.0580. The largest absolute Gasteiger partial charge is 0.187 e. The molecule has 3 saturated carbocycles. The van der Waals surface area contributed by atoms with E-state index >= 15 is 0 Å². The maximum atomic E-state index is 4.41. The number of nitrogens with zero attached hydrogens (tertiary/aromatic N) is 2. The Labute approximate surface area is 60.7 Å². The summed E-state index contributed by atoms with van der Waals surface area (Å²) in [5.74, 6) is 0. The fourth-order valence-electron chi connectivity index (χ4n) is 2.66. The molecule has 0 amide bonds. The molecule has 0 atom stereocenters. The van der Waals surface area contributed by atoms with Crippen LogP contribution in [0.15, 0.2) is 10.2 Å². The van der Waals surface area contributed by atoms with E-state index in [9.17, 15) is 0 Å². The van der Waals surface area contributed by atoms with Crippen LogP contribution in [-0.4, -0.2) is 11.1 Å². The van der Waals surface area contributed by atoms with E-state index in [0.29, 0.717) is 11.1 Å². The third kappa shape index (κ3) is 0.435. The predicted molar refractivity (Wildman–Crippen MR) is 38.0 cm³/mol. The summed E-state index contributed by atoms with van der Waals surface area (Å²) in [7, 11) is 0. The normalized spacial score (nSPS) is 56.0. The van der Waals surface area contributed by atoms with Gasteiger partial charge < -0.3 is 0 Å². The standard InChI is InChI=1S/C8H12N2/c1-2-8-5-3-7(1,4-6-8)9-10-8/h1-6H2. The number of hydrogen-bond donors (Lipinski definition) is 0. The van der Waals surface area contributed by atoms with Crippen molar-refractivity contribution in [1.82, 2.24) is 0 Å². The van der Waals surface area contributed by atoms with E-state index in [1.807, 2.05) is 0 Å². The summed E-state index contributed by atoms with van der Waals surface area (Å²) < 4.78 is 0. The van der Waals surface area contributed by atoms with Gasteiger partial charge in [-0.25, -0.2) is 0 Å². The van der Waals surface area contributed by atoms with Crippen LogP contribution in [0.1, 0.15) is 38.5 Å². The predicted octanol–water partition coefficient (Wildman–Crippen LogP) is 2.30. The van der Waals surface area contributed by atoms with E-state index < -0.39 is 0 Å². The van der Waals surface area contributed by atoms with Crippen molar-refractivity contribution in [3.05, 3.63) is 0 Å². The first kappa shape index (κ1) is 5.28. The van der Waals surface area contributed by atoms with Crippen molar-refractivity contribution >= 4 is 0 Å². The van der Waals surface area contributed by atoms with Crippen LogP contribution in [0.4, 0.5) is 0 Å². The Morgan fingerprint density at radius 2 is 0.900 bits per heavy atom. The Morgan fingerprint density at radius 1 is 0.600 bits per heavy atom. The van der Waals surface area contributed by atoms with Gasteiger partial charge in [-0.15, -0.1) is 0 Å². The summed E-state index contributed by atoms with van der Waals surface area (Å²) >= 11 is 0. The van der Waals surface area contributed by atoms with E-state index in [1.54, 1.807) is 0 Å². The third-order valence-corrected chi connectivity index (χ3v) is 3.64. The second-order valence-corrected chi connectivity index (χ2v) is 4.15. The molecule has 0 N–H and O–H groups in total. The van der Waals surface area contributed by atoms with Crippen molar-refractivity contribution < 1.29 is 0 Å². The van der Waals surface area contributed by atoms with Crippen LogP contribution in [0.25, 0.3) is 0 Å². The van der Waals surface area contributed by atoms with Gasteiger partial charge in [0.1, 0.15) is 0 Å². The molecule has 0 aromatic heterocycles. The molecule has 3 aliphatic heterocycles. The second kappa shape index (κ2) is 1.29. The van der Waals surface area contributed by atoms with Crippen molar-refractivity contribution in [2.24, 2.45) is 10.2 Å². The van der Waals surface area contributed by atoms with Crippen molar-refractivity contribution in [2.45, 2.75) is 49.6 Å². The summed E-state index contributed by atoms with van der Waals surface area (Å²) in [4.78, 5) is 0. The zero-order chi connectivity index (χ0) is 6.66. The van der Waals surface area contributed by atoms with Crippen LogP contribution in [-0.2, 0) is 0 Å². The van der Waals surface area contributed by atoms with Gasteiger partial charge in [-0.05, 0) is 38.5 Å². The number of rotatable bonds is 0. The maximum Gasteiger partial charge on any atom is 0.0819 e. The second-order valence-electron chi connectivity index (χ2n) is 4.15. The molecule has 2 bridgehead atoms. The Morgan fingerprint density at radius 3 is 1.00 bits per heavy atom. The van der Waals surface area contributed by atoms with Crippen LogP contribution in [0, 0.1) is 0 Å². The highest BCUT2D eigenvalue weighted by molar-refractivity contribution is 5.11. The lowest BCUT2D eigenvalue weighted by Gasteiger charge is -2.53. The Bertz CT molecular complexity index is 161. The highest BCUT2D eigenvalue weighted by atomic mass is 15.2. The minimum Gasteiger partial charge on any atom is -0.187 e. The van der Waals surface area contributed by atoms with Crippen LogP contribution in [0.5, 0.6) is 0 Å². The summed E-state index contributed by atoms with van der Waals surface area (Å²) in [6, 6.07) is 0. The van der Waals surface area contributed by atoms with E-state index in [2.05, 4.69) is 10.2 Å². The summed E-state index contributed by atoms with van der Waals surface area (Å²) in [5, 5.41) is 8.83. The van der Waals surface area contributed by atoms with Crippen LogP contribution in [0.2, 0.25) is 0 Å². The SMILES string of the molecule is C1CC23CCC1(CC2)N=N3. The lowest BCUT2D eigenvalue weighted by atomic mass is 9.61. The average molecular weight is 136 g/mol. The molecule has 6 rings (SSSR count). The average Bonchev–Trinajstić information content (AvgIpc) is 2.08. The first-order valence-electron chi connectivity index (χ1n) is 4.27. The molecule has 6 aliphatic rings. The highest BCUT2D eigenvalue weighted by Crippen LogP contribution is 2.55. The maximum absolute atomic E-state index is 4.41. The van der Waals surface area contributed by atoms with Crippen LogP contribution >= 0.6 is 0 Å². The van der Waals surface area contributed by atoms with Crippen molar-refractivity contribution in [3.8, 4) is 0 Å². The van der Waals surface area contributed by atoms with Gasteiger partial charge in [0.25, 0.3) is 0 Å². The molecule has 0 radical (unpaired) electrons. The van der Waals surface area contributed by atoms with Crippen LogP contribution in [0.3, 0.4) is 0 Å². The molecule has 10 heavy (non-hydrogen) atoms. The van der Waals surface area contributed by atoms with Gasteiger partial charge in [-0.2, -0.15) is 10.2 Å². The fourth-order valence-corrected chi connectivity index (χ4v) is 2.66. The zero-order valence-electron chi connectivity index (χ0n) is 6.14. The van der Waals surface area contributed by atoms with E-state index in [4.69, 9.17) is 0 Å². The molecular weight excluding hydrogens is 124 g/mol. The molecule has 0 aromatic rings. The smallest absolute Gasteiger partial charge is 0.0819 e. The molecule has 3 heterocycles. The Balaban J connectivity index is 2.18. The summed E-state index contributed by atoms with van der Waals surface area (Å²) in [6.07, 6.45) is 7.98. The molecule has 0 spiro atoms. The Hall–Kier alpha value is -0.400. The molecular formula is C8H12N2. The van der Waals surface area contributed by atoms with Gasteiger partial charge in [-0.3, -0.25) is 0 Å². The molecule has 0 aromatic carbocycles. The zero-order valence-corrected chi connectivity index (χ0v) is 6.14. The van der Waals surface area contributed by atoms with Crippen molar-refractivity contribution in [3.63, 3.8) is 0 Å². The van der Waals surface area contributed by atoms with Gasteiger partial charge in [-0.1, -0.05) is 0 Å². The quantitative estimate of drug-likeness (QED) is 0.488. The van der Waals surface area contributed by atoms with Crippen molar-refractivity contribution in [1.29, 1.82) is 0 Å². The summed E-state index contributed by atoms with van der Waals surface area (Å²) in [5.41, 5.74) is 0.694. The number of hydrogen-bond acceptors (Lipinski definition) is 2. The minimum absolute atomic E-state index is 0.347. The lowest BCUT2D eigenvalue weighted by Crippen LogP contribution is -2.51. The first-order valence-corrected chi connectivity index (χ1v) is 4.27.